The largest absolute Gasteiger partial charge is 0.454 e. The summed E-state index contributed by atoms with van der Waals surface area (Å²) in [5, 5.41) is 17.1. The highest BCUT2D eigenvalue weighted by Crippen LogP contribution is 2.36. The minimum atomic E-state index is -0.152. The number of anilines is 1. The summed E-state index contributed by atoms with van der Waals surface area (Å²) in [6.45, 7) is 2.05. The molecule has 6 nitrogen and oxygen atoms in total. The van der Waals surface area contributed by atoms with Crippen molar-refractivity contribution in [2.24, 2.45) is 0 Å². The van der Waals surface area contributed by atoms with Crippen LogP contribution in [0.2, 0.25) is 5.02 Å². The van der Waals surface area contributed by atoms with E-state index in [2.05, 4.69) is 39.9 Å². The molecule has 0 saturated heterocycles. The number of allylic oxidation sites excluding steroid dienone is 1. The van der Waals surface area contributed by atoms with Gasteiger partial charge < -0.3 is 9.73 Å². The van der Waals surface area contributed by atoms with Gasteiger partial charge in [-0.25, -0.2) is 0 Å². The Labute approximate surface area is 154 Å². The smallest absolute Gasteiger partial charge is 0.248 e. The predicted molar refractivity (Wildman–Crippen MR) is 100.0 cm³/mol. The number of rotatable bonds is 2. The van der Waals surface area contributed by atoms with E-state index in [-0.39, 0.29) is 6.04 Å². The first-order valence-electron chi connectivity index (χ1n) is 8.21. The lowest BCUT2D eigenvalue weighted by Gasteiger charge is -2.22. The Kier molecular flexibility index (Phi) is 3.33. The van der Waals surface area contributed by atoms with Crippen LogP contribution in [0.3, 0.4) is 0 Å². The second-order valence-electron chi connectivity index (χ2n) is 6.20. The summed E-state index contributed by atoms with van der Waals surface area (Å²) in [4.78, 5) is 0. The molecule has 1 atom stereocenters. The first kappa shape index (κ1) is 15.2. The van der Waals surface area contributed by atoms with E-state index in [1.165, 1.54) is 0 Å². The van der Waals surface area contributed by atoms with Gasteiger partial charge in [0.25, 0.3) is 0 Å². The zero-order valence-corrected chi connectivity index (χ0v) is 14.6. The van der Waals surface area contributed by atoms with Gasteiger partial charge >= 0.3 is 0 Å². The van der Waals surface area contributed by atoms with E-state index in [0.29, 0.717) is 11.0 Å². The fourth-order valence-corrected chi connectivity index (χ4v) is 3.44. The summed E-state index contributed by atoms with van der Waals surface area (Å²) >= 11 is 6.03. The molecule has 1 aliphatic rings. The number of hydrogen-bond donors (Lipinski definition) is 1. The summed E-state index contributed by atoms with van der Waals surface area (Å²) in [5.41, 5.74) is 3.82. The molecular formula is C19H14ClN5O. The number of tetrazole rings is 1. The number of nitrogens with one attached hydrogen (secondary N) is 1. The maximum absolute atomic E-state index is 6.10. The highest BCUT2D eigenvalue weighted by Gasteiger charge is 2.27. The van der Waals surface area contributed by atoms with Crippen molar-refractivity contribution in [2.45, 2.75) is 13.0 Å². The van der Waals surface area contributed by atoms with Crippen molar-refractivity contribution in [2.75, 3.05) is 5.32 Å². The van der Waals surface area contributed by atoms with Crippen LogP contribution in [0.4, 0.5) is 5.95 Å². The van der Waals surface area contributed by atoms with E-state index in [9.17, 15) is 0 Å². The lowest BCUT2D eigenvalue weighted by molar-refractivity contribution is 0.572. The first-order chi connectivity index (χ1) is 12.7. The van der Waals surface area contributed by atoms with Crippen molar-refractivity contribution < 1.29 is 4.42 Å². The summed E-state index contributed by atoms with van der Waals surface area (Å²) in [7, 11) is 0. The number of hydrogen-bond acceptors (Lipinski definition) is 5. The Morgan fingerprint density at radius 2 is 1.92 bits per heavy atom. The minimum Gasteiger partial charge on any atom is -0.454 e. The Hall–Kier alpha value is -3.12. The predicted octanol–water partition coefficient (Wildman–Crippen LogP) is 4.44. The molecule has 0 radical (unpaired) electrons. The number of benzene rings is 2. The third-order valence-corrected chi connectivity index (χ3v) is 4.88. The standard InChI is InChI=1S/C19H14ClN5O/c1-11-14-4-2-3-5-17(14)26-18(11)15-10-16(12-6-8-13(20)9-7-12)25-19(21-15)22-23-24-25/h2-10,16H,1H3,(H,21,22,24). The fourth-order valence-electron chi connectivity index (χ4n) is 3.31. The molecule has 2 aromatic heterocycles. The Balaban J connectivity index is 1.66. The highest BCUT2D eigenvalue weighted by atomic mass is 35.5. The van der Waals surface area contributed by atoms with Crippen LogP contribution in [-0.4, -0.2) is 20.2 Å². The first-order valence-corrected chi connectivity index (χ1v) is 8.59. The molecular weight excluding hydrogens is 350 g/mol. The van der Waals surface area contributed by atoms with Crippen LogP contribution in [-0.2, 0) is 0 Å². The molecule has 3 heterocycles. The number of para-hydroxylation sites is 1. The quantitative estimate of drug-likeness (QED) is 0.570. The van der Waals surface area contributed by atoms with Crippen LogP contribution in [0.15, 0.2) is 59.0 Å². The molecule has 1 unspecified atom stereocenters. The second kappa shape index (κ2) is 5.71. The lowest BCUT2D eigenvalue weighted by atomic mass is 10.0. The molecule has 0 amide bonds. The molecule has 7 heteroatoms. The maximum Gasteiger partial charge on any atom is 0.248 e. The van der Waals surface area contributed by atoms with Gasteiger partial charge in [0.2, 0.25) is 5.95 Å². The molecule has 0 spiro atoms. The van der Waals surface area contributed by atoms with Gasteiger partial charge in [-0.1, -0.05) is 47.0 Å². The van der Waals surface area contributed by atoms with Gasteiger partial charge in [0.15, 0.2) is 5.76 Å². The summed E-state index contributed by atoms with van der Waals surface area (Å²) < 4.78 is 7.84. The SMILES string of the molecule is Cc1c(C2=CC(c3ccc(Cl)cc3)n3nnnc3N2)oc2ccccc12. The molecule has 0 bridgehead atoms. The molecule has 5 rings (SSSR count). The zero-order chi connectivity index (χ0) is 17.7. The van der Waals surface area contributed by atoms with Crippen LogP contribution in [0.25, 0.3) is 16.7 Å². The number of furan rings is 1. The third-order valence-electron chi connectivity index (χ3n) is 4.63. The van der Waals surface area contributed by atoms with Crippen LogP contribution in [0.5, 0.6) is 0 Å². The fraction of sp³-hybridized carbons (Fsp3) is 0.105. The van der Waals surface area contributed by atoms with Gasteiger partial charge in [-0.05, 0) is 47.2 Å². The van der Waals surface area contributed by atoms with Gasteiger partial charge in [0, 0.05) is 16.0 Å². The van der Waals surface area contributed by atoms with Crippen LogP contribution < -0.4 is 5.32 Å². The minimum absolute atomic E-state index is 0.152. The van der Waals surface area contributed by atoms with E-state index in [1.807, 2.05) is 42.5 Å². The van der Waals surface area contributed by atoms with E-state index < -0.39 is 0 Å². The van der Waals surface area contributed by atoms with Crippen molar-refractivity contribution in [1.82, 2.24) is 20.2 Å². The average molecular weight is 364 g/mol. The number of halogens is 1. The van der Waals surface area contributed by atoms with Gasteiger partial charge in [-0.15, -0.1) is 0 Å². The molecule has 1 aliphatic heterocycles. The molecule has 0 aliphatic carbocycles. The van der Waals surface area contributed by atoms with Crippen molar-refractivity contribution in [3.63, 3.8) is 0 Å². The van der Waals surface area contributed by atoms with Crippen LogP contribution in [0.1, 0.15) is 22.9 Å². The second-order valence-corrected chi connectivity index (χ2v) is 6.64. The molecule has 2 aromatic carbocycles. The van der Waals surface area contributed by atoms with Gasteiger partial charge in [0.05, 0.1) is 5.70 Å². The van der Waals surface area contributed by atoms with Crippen molar-refractivity contribution in [3.05, 3.63) is 76.5 Å². The third kappa shape index (κ3) is 2.30. The summed E-state index contributed by atoms with van der Waals surface area (Å²) in [6.07, 6.45) is 2.07. The molecule has 0 fully saturated rings. The van der Waals surface area contributed by atoms with E-state index in [4.69, 9.17) is 16.0 Å². The highest BCUT2D eigenvalue weighted by molar-refractivity contribution is 6.30. The number of aryl methyl sites for hydroxylation is 1. The normalized spacial score (nSPS) is 16.2. The lowest BCUT2D eigenvalue weighted by Crippen LogP contribution is -2.20. The molecule has 128 valence electrons. The zero-order valence-electron chi connectivity index (χ0n) is 13.8. The van der Waals surface area contributed by atoms with E-state index in [0.717, 1.165) is 33.6 Å². The number of aromatic nitrogens is 4. The van der Waals surface area contributed by atoms with E-state index >= 15 is 0 Å². The van der Waals surface area contributed by atoms with Crippen molar-refractivity contribution in [3.8, 4) is 0 Å². The summed E-state index contributed by atoms with van der Waals surface area (Å²) in [5.74, 6) is 1.36. The Bertz CT molecular complexity index is 1140. The van der Waals surface area contributed by atoms with Crippen molar-refractivity contribution >= 4 is 34.2 Å². The average Bonchev–Trinajstić information content (AvgIpc) is 3.26. The van der Waals surface area contributed by atoms with Crippen molar-refractivity contribution in [1.29, 1.82) is 0 Å². The Morgan fingerprint density at radius 1 is 1.12 bits per heavy atom. The van der Waals surface area contributed by atoms with Gasteiger partial charge in [0.1, 0.15) is 11.6 Å². The summed E-state index contributed by atoms with van der Waals surface area (Å²) in [6, 6.07) is 15.5. The Morgan fingerprint density at radius 3 is 2.73 bits per heavy atom. The molecule has 1 N–H and O–H groups in total. The topological polar surface area (TPSA) is 68.8 Å². The monoisotopic (exact) mass is 363 g/mol. The number of fused-ring (bicyclic) bond motifs is 2. The maximum atomic E-state index is 6.10. The van der Waals surface area contributed by atoms with Gasteiger partial charge in [-0.2, -0.15) is 4.68 Å². The van der Waals surface area contributed by atoms with E-state index in [1.54, 1.807) is 4.68 Å². The number of nitrogens with zero attached hydrogens (tertiary/aromatic N) is 4. The molecule has 4 aromatic rings. The molecule has 26 heavy (non-hydrogen) atoms. The van der Waals surface area contributed by atoms with Gasteiger partial charge in [-0.3, -0.25) is 0 Å². The molecule has 0 saturated carbocycles. The van der Waals surface area contributed by atoms with Crippen LogP contribution >= 0.6 is 11.6 Å². The van der Waals surface area contributed by atoms with Crippen LogP contribution in [0, 0.1) is 6.92 Å².